The fourth-order valence-corrected chi connectivity index (χ4v) is 1.77. The van der Waals surface area contributed by atoms with Gasteiger partial charge < -0.3 is 10.6 Å². The van der Waals surface area contributed by atoms with Crippen LogP contribution < -0.4 is 10.6 Å². The van der Waals surface area contributed by atoms with Crippen molar-refractivity contribution in [3.05, 3.63) is 28.2 Å². The summed E-state index contributed by atoms with van der Waals surface area (Å²) < 4.78 is 26.5. The summed E-state index contributed by atoms with van der Waals surface area (Å²) in [6.45, 7) is 2.69. The van der Waals surface area contributed by atoms with Crippen LogP contribution in [0.15, 0.2) is 16.6 Å². The van der Waals surface area contributed by atoms with Crippen LogP contribution in [0.2, 0.25) is 0 Å². The van der Waals surface area contributed by atoms with E-state index in [0.717, 1.165) is 12.5 Å². The summed E-state index contributed by atoms with van der Waals surface area (Å²) in [7, 11) is 0. The predicted molar refractivity (Wildman–Crippen MR) is 68.6 cm³/mol. The van der Waals surface area contributed by atoms with E-state index in [0.29, 0.717) is 16.1 Å². The van der Waals surface area contributed by atoms with Gasteiger partial charge in [-0.25, -0.2) is 8.78 Å². The zero-order chi connectivity index (χ0) is 12.1. The van der Waals surface area contributed by atoms with Gasteiger partial charge in [0.15, 0.2) is 10.9 Å². The predicted octanol–water partition coefficient (Wildman–Crippen LogP) is 3.42. The second-order valence-electron chi connectivity index (χ2n) is 3.13. The van der Waals surface area contributed by atoms with Crippen LogP contribution in [0, 0.1) is 11.6 Å². The average molecular weight is 309 g/mol. The summed E-state index contributed by atoms with van der Waals surface area (Å²) in [4.78, 5) is 0. The van der Waals surface area contributed by atoms with Crippen molar-refractivity contribution in [3.8, 4) is 0 Å². The molecule has 88 valence electrons. The second kappa shape index (κ2) is 6.10. The van der Waals surface area contributed by atoms with Gasteiger partial charge in [-0.15, -0.1) is 0 Å². The molecular formula is C10H11BrF2N2S. The van der Waals surface area contributed by atoms with Crippen molar-refractivity contribution in [3.63, 3.8) is 0 Å². The number of halogens is 3. The van der Waals surface area contributed by atoms with Crippen molar-refractivity contribution in [2.45, 2.75) is 13.3 Å². The third kappa shape index (κ3) is 3.68. The maximum Gasteiger partial charge on any atom is 0.170 e. The summed E-state index contributed by atoms with van der Waals surface area (Å²) in [6, 6.07) is 1.98. The quantitative estimate of drug-likeness (QED) is 0.837. The Morgan fingerprint density at radius 1 is 1.44 bits per heavy atom. The molecular weight excluding hydrogens is 298 g/mol. The number of benzene rings is 1. The Labute approximate surface area is 107 Å². The van der Waals surface area contributed by atoms with Gasteiger partial charge in [-0.1, -0.05) is 6.92 Å². The van der Waals surface area contributed by atoms with Gasteiger partial charge in [0.05, 0.1) is 5.69 Å². The molecule has 0 heterocycles. The number of anilines is 1. The average Bonchev–Trinajstić information content (AvgIpc) is 2.20. The Balaban J connectivity index is 2.77. The van der Waals surface area contributed by atoms with Crippen LogP contribution >= 0.6 is 28.1 Å². The molecule has 0 amide bonds. The molecule has 0 aliphatic rings. The molecule has 1 aromatic carbocycles. The van der Waals surface area contributed by atoms with Crippen molar-refractivity contribution in [2.75, 3.05) is 11.9 Å². The van der Waals surface area contributed by atoms with Crippen LogP contribution in [0.4, 0.5) is 14.5 Å². The number of rotatable bonds is 3. The Kier molecular flexibility index (Phi) is 5.08. The minimum Gasteiger partial charge on any atom is -0.362 e. The van der Waals surface area contributed by atoms with Crippen molar-refractivity contribution in [1.29, 1.82) is 0 Å². The number of nitrogens with one attached hydrogen (secondary N) is 2. The van der Waals surface area contributed by atoms with E-state index in [1.165, 1.54) is 6.07 Å². The van der Waals surface area contributed by atoms with Crippen LogP contribution in [0.25, 0.3) is 0 Å². The molecule has 6 heteroatoms. The normalized spacial score (nSPS) is 10.0. The summed E-state index contributed by atoms with van der Waals surface area (Å²) in [5, 5.41) is 5.87. The minimum atomic E-state index is -0.687. The van der Waals surface area contributed by atoms with Crippen molar-refractivity contribution >= 4 is 38.9 Å². The zero-order valence-corrected chi connectivity index (χ0v) is 11.0. The van der Waals surface area contributed by atoms with E-state index >= 15 is 0 Å². The van der Waals surface area contributed by atoms with Crippen molar-refractivity contribution in [2.24, 2.45) is 0 Å². The van der Waals surface area contributed by atoms with Crippen LogP contribution in [-0.4, -0.2) is 11.7 Å². The van der Waals surface area contributed by atoms with E-state index in [2.05, 4.69) is 26.6 Å². The van der Waals surface area contributed by atoms with Crippen molar-refractivity contribution < 1.29 is 8.78 Å². The molecule has 0 bridgehead atoms. The van der Waals surface area contributed by atoms with Gasteiger partial charge in [0.1, 0.15) is 5.82 Å². The Hall–Kier alpha value is -0.750. The number of thiocarbonyl (C=S) groups is 1. The molecule has 0 atom stereocenters. The molecule has 0 aliphatic carbocycles. The lowest BCUT2D eigenvalue weighted by atomic mass is 10.3. The maximum absolute atomic E-state index is 13.4. The standard InChI is InChI=1S/C10H11BrF2N2S/c1-2-3-14-10(16)15-9-7(11)4-6(12)5-8(9)13/h4-5H,2-3H2,1H3,(H2,14,15,16). The molecule has 1 aromatic rings. The monoisotopic (exact) mass is 308 g/mol. The lowest BCUT2D eigenvalue weighted by Crippen LogP contribution is -2.29. The van der Waals surface area contributed by atoms with Gasteiger partial charge in [-0.2, -0.15) is 0 Å². The Bertz CT molecular complexity index is 375. The Morgan fingerprint density at radius 2 is 2.12 bits per heavy atom. The highest BCUT2D eigenvalue weighted by atomic mass is 79.9. The van der Waals surface area contributed by atoms with Gasteiger partial charge in [0.2, 0.25) is 0 Å². The van der Waals surface area contributed by atoms with E-state index in [1.54, 1.807) is 0 Å². The van der Waals surface area contributed by atoms with E-state index in [1.807, 2.05) is 6.92 Å². The van der Waals surface area contributed by atoms with Crippen LogP contribution in [0.3, 0.4) is 0 Å². The first-order chi connectivity index (χ1) is 7.54. The van der Waals surface area contributed by atoms with Gasteiger partial charge in [0, 0.05) is 17.1 Å². The van der Waals surface area contributed by atoms with Gasteiger partial charge >= 0.3 is 0 Å². The van der Waals surface area contributed by atoms with E-state index in [9.17, 15) is 8.78 Å². The highest BCUT2D eigenvalue weighted by Crippen LogP contribution is 2.26. The highest BCUT2D eigenvalue weighted by Gasteiger charge is 2.10. The Morgan fingerprint density at radius 3 is 2.69 bits per heavy atom. The lowest BCUT2D eigenvalue weighted by Gasteiger charge is -2.12. The summed E-state index contributed by atoms with van der Waals surface area (Å²) in [5.74, 6) is -1.32. The summed E-state index contributed by atoms with van der Waals surface area (Å²) in [6.07, 6.45) is 0.912. The molecule has 0 radical (unpaired) electrons. The first kappa shape index (κ1) is 13.3. The second-order valence-corrected chi connectivity index (χ2v) is 4.39. The molecule has 2 N–H and O–H groups in total. The molecule has 0 aromatic heterocycles. The third-order valence-electron chi connectivity index (χ3n) is 1.78. The first-order valence-electron chi connectivity index (χ1n) is 4.74. The number of hydrogen-bond acceptors (Lipinski definition) is 1. The highest BCUT2D eigenvalue weighted by molar-refractivity contribution is 9.10. The van der Waals surface area contributed by atoms with E-state index < -0.39 is 11.6 Å². The molecule has 0 saturated carbocycles. The minimum absolute atomic E-state index is 0.134. The molecule has 0 unspecified atom stereocenters. The van der Waals surface area contributed by atoms with Crippen LogP contribution in [0.1, 0.15) is 13.3 Å². The van der Waals surface area contributed by atoms with Gasteiger partial charge in [0.25, 0.3) is 0 Å². The molecule has 0 aliphatic heterocycles. The van der Waals surface area contributed by atoms with Gasteiger partial charge in [-0.05, 0) is 40.6 Å². The molecule has 0 saturated heterocycles. The van der Waals surface area contributed by atoms with E-state index in [-0.39, 0.29) is 5.69 Å². The smallest absolute Gasteiger partial charge is 0.170 e. The first-order valence-corrected chi connectivity index (χ1v) is 5.94. The third-order valence-corrected chi connectivity index (χ3v) is 2.65. The molecule has 1 rings (SSSR count). The lowest BCUT2D eigenvalue weighted by molar-refractivity contribution is 0.585. The van der Waals surface area contributed by atoms with Crippen LogP contribution in [0.5, 0.6) is 0 Å². The zero-order valence-electron chi connectivity index (χ0n) is 8.61. The molecule has 0 fully saturated rings. The summed E-state index contributed by atoms with van der Waals surface area (Å²) in [5.41, 5.74) is 0.134. The molecule has 2 nitrogen and oxygen atoms in total. The fourth-order valence-electron chi connectivity index (χ4n) is 1.06. The van der Waals surface area contributed by atoms with Gasteiger partial charge in [-0.3, -0.25) is 0 Å². The summed E-state index contributed by atoms with van der Waals surface area (Å²) >= 11 is 8.01. The maximum atomic E-state index is 13.4. The SMILES string of the molecule is CCCNC(=S)Nc1c(F)cc(F)cc1Br. The fraction of sp³-hybridized carbons (Fsp3) is 0.300. The molecule has 0 spiro atoms. The van der Waals surface area contributed by atoms with Crippen LogP contribution in [-0.2, 0) is 0 Å². The number of hydrogen-bond donors (Lipinski definition) is 2. The van der Waals surface area contributed by atoms with E-state index in [4.69, 9.17) is 12.2 Å². The van der Waals surface area contributed by atoms with Crippen molar-refractivity contribution in [1.82, 2.24) is 5.32 Å². The topological polar surface area (TPSA) is 24.1 Å². The molecule has 16 heavy (non-hydrogen) atoms. The largest absolute Gasteiger partial charge is 0.362 e.